The first-order valence-corrected chi connectivity index (χ1v) is 7.06. The molecule has 106 valence electrons. The Morgan fingerprint density at radius 2 is 1.55 bits per heavy atom. The van der Waals surface area contributed by atoms with E-state index in [1.54, 1.807) is 7.11 Å². The minimum Gasteiger partial charge on any atom is -0.497 e. The fourth-order valence-corrected chi connectivity index (χ4v) is 2.40. The highest BCUT2D eigenvalue weighted by atomic mass is 16.5. The lowest BCUT2D eigenvalue weighted by molar-refractivity contribution is 0.414. The predicted molar refractivity (Wildman–Crippen MR) is 84.1 cm³/mol. The van der Waals surface area contributed by atoms with Gasteiger partial charge in [0.05, 0.1) is 7.11 Å². The number of methoxy groups -OCH3 is 1. The minimum atomic E-state index is 0.302. The van der Waals surface area contributed by atoms with Crippen LogP contribution in [0.5, 0.6) is 5.75 Å². The fourth-order valence-electron chi connectivity index (χ4n) is 2.40. The van der Waals surface area contributed by atoms with Crippen LogP contribution in [0.3, 0.4) is 0 Å². The van der Waals surface area contributed by atoms with Gasteiger partial charge in [0.25, 0.3) is 0 Å². The van der Waals surface area contributed by atoms with Crippen LogP contribution in [0.4, 0.5) is 0 Å². The second-order valence-electron chi connectivity index (χ2n) is 5.30. The third kappa shape index (κ3) is 3.61. The van der Waals surface area contributed by atoms with Gasteiger partial charge in [-0.3, -0.25) is 0 Å². The van der Waals surface area contributed by atoms with Crippen molar-refractivity contribution in [1.29, 1.82) is 0 Å². The summed E-state index contributed by atoms with van der Waals surface area (Å²) < 4.78 is 5.19. The number of hydrogen-bond donors (Lipinski definition) is 1. The van der Waals surface area contributed by atoms with Gasteiger partial charge in [0.15, 0.2) is 0 Å². The van der Waals surface area contributed by atoms with Crippen molar-refractivity contribution in [2.45, 2.75) is 32.9 Å². The Hall–Kier alpha value is -1.80. The SMILES string of the molecule is COc1ccc(C(C)N[C@H](C)c2cccc(C)c2)cc1. The molecule has 2 rings (SSSR count). The zero-order valence-electron chi connectivity index (χ0n) is 12.7. The van der Waals surface area contributed by atoms with Crippen molar-refractivity contribution >= 4 is 0 Å². The van der Waals surface area contributed by atoms with Crippen LogP contribution in [0.1, 0.15) is 42.6 Å². The molecule has 20 heavy (non-hydrogen) atoms. The lowest BCUT2D eigenvalue weighted by Gasteiger charge is -2.21. The third-order valence-corrected chi connectivity index (χ3v) is 3.66. The van der Waals surface area contributed by atoms with Gasteiger partial charge in [-0.05, 0) is 44.0 Å². The molecule has 0 radical (unpaired) electrons. The molecule has 2 atom stereocenters. The maximum Gasteiger partial charge on any atom is 0.118 e. The zero-order chi connectivity index (χ0) is 14.5. The van der Waals surface area contributed by atoms with Crippen molar-refractivity contribution in [3.8, 4) is 5.75 Å². The summed E-state index contributed by atoms with van der Waals surface area (Å²) in [5.41, 5.74) is 3.89. The predicted octanol–water partition coefficient (Wildman–Crippen LogP) is 4.42. The van der Waals surface area contributed by atoms with Crippen LogP contribution >= 0.6 is 0 Å². The molecule has 2 aromatic carbocycles. The number of hydrogen-bond acceptors (Lipinski definition) is 2. The summed E-state index contributed by atoms with van der Waals surface area (Å²) in [5, 5.41) is 3.64. The highest BCUT2D eigenvalue weighted by Gasteiger charge is 2.11. The number of aryl methyl sites for hydroxylation is 1. The average Bonchev–Trinajstić information content (AvgIpc) is 2.47. The zero-order valence-corrected chi connectivity index (χ0v) is 12.7. The summed E-state index contributed by atoms with van der Waals surface area (Å²) in [6, 6.07) is 17.5. The van der Waals surface area contributed by atoms with Gasteiger partial charge >= 0.3 is 0 Å². The Kier molecular flexibility index (Phi) is 4.80. The fraction of sp³-hybridized carbons (Fsp3) is 0.333. The van der Waals surface area contributed by atoms with Crippen molar-refractivity contribution < 1.29 is 4.74 Å². The van der Waals surface area contributed by atoms with Crippen molar-refractivity contribution in [1.82, 2.24) is 5.32 Å². The Morgan fingerprint density at radius 3 is 2.15 bits per heavy atom. The maximum absolute atomic E-state index is 5.19. The van der Waals surface area contributed by atoms with Crippen molar-refractivity contribution in [2.75, 3.05) is 7.11 Å². The lowest BCUT2D eigenvalue weighted by Crippen LogP contribution is -2.22. The third-order valence-electron chi connectivity index (χ3n) is 3.66. The molecule has 2 heteroatoms. The number of rotatable bonds is 5. The Labute approximate surface area is 121 Å². The summed E-state index contributed by atoms with van der Waals surface area (Å²) in [6.07, 6.45) is 0. The van der Waals surface area contributed by atoms with E-state index in [1.165, 1.54) is 16.7 Å². The first-order chi connectivity index (χ1) is 9.60. The van der Waals surface area contributed by atoms with E-state index in [2.05, 4.69) is 62.5 Å². The molecule has 0 saturated carbocycles. The first-order valence-electron chi connectivity index (χ1n) is 7.06. The van der Waals surface area contributed by atoms with Gasteiger partial charge in [-0.15, -0.1) is 0 Å². The quantitative estimate of drug-likeness (QED) is 0.867. The Balaban J connectivity index is 2.04. The van der Waals surface area contributed by atoms with E-state index in [9.17, 15) is 0 Å². The van der Waals surface area contributed by atoms with Crippen LogP contribution < -0.4 is 10.1 Å². The van der Waals surface area contributed by atoms with Gasteiger partial charge in [-0.25, -0.2) is 0 Å². The van der Waals surface area contributed by atoms with Crippen molar-refractivity contribution in [2.24, 2.45) is 0 Å². The van der Waals surface area contributed by atoms with Crippen LogP contribution in [0.2, 0.25) is 0 Å². The molecule has 2 aromatic rings. The molecule has 1 unspecified atom stereocenters. The van der Waals surface area contributed by atoms with E-state index < -0.39 is 0 Å². The highest BCUT2D eigenvalue weighted by Crippen LogP contribution is 2.21. The van der Waals surface area contributed by atoms with Gasteiger partial charge in [-0.2, -0.15) is 0 Å². The summed E-state index contributed by atoms with van der Waals surface area (Å²) in [5.74, 6) is 0.896. The Morgan fingerprint density at radius 1 is 0.900 bits per heavy atom. The minimum absolute atomic E-state index is 0.302. The van der Waals surface area contributed by atoms with Gasteiger partial charge in [0.2, 0.25) is 0 Å². The second kappa shape index (κ2) is 6.58. The van der Waals surface area contributed by atoms with Crippen LogP contribution in [-0.4, -0.2) is 7.11 Å². The molecule has 2 nitrogen and oxygen atoms in total. The van der Waals surface area contributed by atoms with Crippen molar-refractivity contribution in [3.05, 3.63) is 65.2 Å². The topological polar surface area (TPSA) is 21.3 Å². The molecule has 0 heterocycles. The molecular formula is C18H23NO. The molecule has 0 saturated heterocycles. The molecule has 0 aromatic heterocycles. The van der Waals surface area contributed by atoms with Gasteiger partial charge in [0, 0.05) is 12.1 Å². The largest absolute Gasteiger partial charge is 0.497 e. The summed E-state index contributed by atoms with van der Waals surface area (Å²) in [4.78, 5) is 0. The molecule has 0 aliphatic heterocycles. The normalized spacial score (nSPS) is 13.8. The number of nitrogens with one attached hydrogen (secondary N) is 1. The lowest BCUT2D eigenvalue weighted by atomic mass is 10.0. The van der Waals surface area contributed by atoms with E-state index >= 15 is 0 Å². The van der Waals surface area contributed by atoms with Gasteiger partial charge in [0.1, 0.15) is 5.75 Å². The van der Waals surface area contributed by atoms with E-state index in [0.29, 0.717) is 12.1 Å². The molecule has 1 N–H and O–H groups in total. The second-order valence-corrected chi connectivity index (χ2v) is 5.30. The molecule has 0 amide bonds. The molecule has 0 bridgehead atoms. The number of ether oxygens (including phenoxy) is 1. The van der Waals surface area contributed by atoms with Crippen LogP contribution in [0.25, 0.3) is 0 Å². The summed E-state index contributed by atoms with van der Waals surface area (Å²) in [6.45, 7) is 6.52. The standard InChI is InChI=1S/C18H23NO/c1-13-6-5-7-17(12-13)15(3)19-14(2)16-8-10-18(20-4)11-9-16/h5-12,14-15,19H,1-4H3/t14?,15-/m1/s1. The Bertz CT molecular complexity index is 548. The van der Waals surface area contributed by atoms with E-state index in [0.717, 1.165) is 5.75 Å². The van der Waals surface area contributed by atoms with Crippen molar-refractivity contribution in [3.63, 3.8) is 0 Å². The summed E-state index contributed by atoms with van der Waals surface area (Å²) >= 11 is 0. The van der Waals surface area contributed by atoms with Crippen LogP contribution in [0.15, 0.2) is 48.5 Å². The maximum atomic E-state index is 5.19. The van der Waals surface area contributed by atoms with Crippen LogP contribution in [0, 0.1) is 6.92 Å². The van der Waals surface area contributed by atoms with Crippen LogP contribution in [-0.2, 0) is 0 Å². The smallest absolute Gasteiger partial charge is 0.118 e. The van der Waals surface area contributed by atoms with Gasteiger partial charge < -0.3 is 10.1 Å². The van der Waals surface area contributed by atoms with E-state index in [1.807, 2.05) is 12.1 Å². The molecule has 0 aliphatic carbocycles. The number of benzene rings is 2. The van der Waals surface area contributed by atoms with E-state index in [4.69, 9.17) is 4.74 Å². The monoisotopic (exact) mass is 269 g/mol. The molecular weight excluding hydrogens is 246 g/mol. The summed E-state index contributed by atoms with van der Waals surface area (Å²) in [7, 11) is 1.69. The molecule has 0 fully saturated rings. The van der Waals surface area contributed by atoms with E-state index in [-0.39, 0.29) is 0 Å². The highest BCUT2D eigenvalue weighted by molar-refractivity contribution is 5.29. The first kappa shape index (κ1) is 14.6. The molecule has 0 spiro atoms. The average molecular weight is 269 g/mol. The van der Waals surface area contributed by atoms with Gasteiger partial charge in [-0.1, -0.05) is 42.0 Å². The molecule has 0 aliphatic rings.